The van der Waals surface area contributed by atoms with Crippen molar-refractivity contribution < 1.29 is 91.9 Å². The predicted octanol–water partition coefficient (Wildman–Crippen LogP) is -5.54. The number of rotatable bonds is 2. The molecule has 0 amide bonds. The lowest BCUT2D eigenvalue weighted by Crippen LogP contribution is -2.31. The molecule has 216 valence electrons. The average molecular weight is 620 g/mol. The standard InChI is InChI=1S/C9H12N2O5.4H3O4P/c12-4-6-5(13)3-8(16-6)11-2-1-7(14)10-9(11)15;4*1-5(2,3)4/h1-2,5-6,8,12-13H,3-4H2,(H,10,14,15);4*(H3,1,2,3,4)/t5-,6+,8?;;;;/m0..../s1. The molecule has 0 spiro atoms. The van der Waals surface area contributed by atoms with E-state index < -0.39 is 61.0 Å². The third-order valence-corrected chi connectivity index (χ3v) is 2.55. The van der Waals surface area contributed by atoms with E-state index in [0.29, 0.717) is 0 Å². The Hall–Kier alpha value is -1.000. The number of hydrogen-bond acceptors (Lipinski definition) is 9. The van der Waals surface area contributed by atoms with Crippen molar-refractivity contribution in [3.63, 3.8) is 0 Å². The van der Waals surface area contributed by atoms with Crippen LogP contribution in [0, 0.1) is 0 Å². The first-order valence-electron chi connectivity index (χ1n) is 8.00. The zero-order valence-electron chi connectivity index (χ0n) is 17.2. The summed E-state index contributed by atoms with van der Waals surface area (Å²) in [7, 11) is -18.6. The molecule has 1 saturated heterocycles. The van der Waals surface area contributed by atoms with E-state index in [4.69, 9.17) is 86.8 Å². The summed E-state index contributed by atoms with van der Waals surface area (Å²) in [4.78, 5) is 111. The molecule has 2 heterocycles. The van der Waals surface area contributed by atoms with Gasteiger partial charge in [-0.1, -0.05) is 0 Å². The lowest BCUT2D eigenvalue weighted by Gasteiger charge is -2.13. The van der Waals surface area contributed by atoms with Crippen molar-refractivity contribution in [2.45, 2.75) is 24.9 Å². The quantitative estimate of drug-likeness (QED) is 0.137. The van der Waals surface area contributed by atoms with Crippen LogP contribution < -0.4 is 11.2 Å². The second kappa shape index (κ2) is 16.8. The van der Waals surface area contributed by atoms with Crippen LogP contribution in [0.2, 0.25) is 0 Å². The molecule has 23 nitrogen and oxygen atoms in total. The predicted molar refractivity (Wildman–Crippen MR) is 110 cm³/mol. The number of ether oxygens (including phenoxy) is 1. The largest absolute Gasteiger partial charge is 0.466 e. The zero-order chi connectivity index (χ0) is 29.7. The van der Waals surface area contributed by atoms with Crippen LogP contribution in [0.5, 0.6) is 0 Å². The van der Waals surface area contributed by atoms with E-state index in [9.17, 15) is 14.7 Å². The minimum Gasteiger partial charge on any atom is -0.394 e. The molecule has 0 saturated carbocycles. The molecule has 1 aliphatic rings. The molecule has 2 rings (SSSR count). The number of aliphatic hydroxyl groups is 2. The van der Waals surface area contributed by atoms with E-state index >= 15 is 0 Å². The molecule has 1 unspecified atom stereocenters. The molecule has 1 aliphatic heterocycles. The van der Waals surface area contributed by atoms with Crippen LogP contribution in [-0.2, 0) is 23.0 Å². The molecule has 27 heteroatoms. The molecule has 1 fully saturated rings. The van der Waals surface area contributed by atoms with Crippen molar-refractivity contribution in [2.24, 2.45) is 0 Å². The second-order valence-electron chi connectivity index (χ2n) is 5.69. The Bertz CT molecular complexity index is 947. The Balaban J connectivity index is -0.000000451. The fourth-order valence-electron chi connectivity index (χ4n) is 1.70. The van der Waals surface area contributed by atoms with E-state index in [1.807, 2.05) is 0 Å². The Morgan fingerprint density at radius 2 is 1.14 bits per heavy atom. The summed E-state index contributed by atoms with van der Waals surface area (Å²) in [6.07, 6.45) is -0.649. The summed E-state index contributed by atoms with van der Waals surface area (Å²) in [6, 6.07) is 1.20. The lowest BCUT2D eigenvalue weighted by atomic mass is 10.2. The highest BCUT2D eigenvalue weighted by Crippen LogP contribution is 2.28. The molecule has 15 N–H and O–H groups in total. The van der Waals surface area contributed by atoms with Gasteiger partial charge in [0.25, 0.3) is 5.56 Å². The summed E-state index contributed by atoms with van der Waals surface area (Å²) in [5.74, 6) is 0. The monoisotopic (exact) mass is 620 g/mol. The van der Waals surface area contributed by atoms with Gasteiger partial charge in [-0.15, -0.1) is 0 Å². The van der Waals surface area contributed by atoms with Crippen LogP contribution in [-0.4, -0.2) is 97.3 Å². The normalized spacial score (nSPS) is 19.7. The molecule has 36 heavy (non-hydrogen) atoms. The van der Waals surface area contributed by atoms with Gasteiger partial charge in [0.1, 0.15) is 12.3 Å². The second-order valence-corrected chi connectivity index (χ2v) is 9.79. The van der Waals surface area contributed by atoms with Crippen LogP contribution in [0.3, 0.4) is 0 Å². The third kappa shape index (κ3) is 37.5. The first-order chi connectivity index (χ1) is 15.6. The zero-order valence-corrected chi connectivity index (χ0v) is 20.7. The van der Waals surface area contributed by atoms with Gasteiger partial charge in [0, 0.05) is 18.7 Å². The van der Waals surface area contributed by atoms with Gasteiger partial charge in [-0.2, -0.15) is 0 Å². The van der Waals surface area contributed by atoms with E-state index in [2.05, 4.69) is 4.98 Å². The first kappa shape index (κ1) is 39.5. The first-order valence-corrected chi connectivity index (χ1v) is 14.3. The molecule has 0 aliphatic carbocycles. The van der Waals surface area contributed by atoms with Crippen LogP contribution >= 0.6 is 31.3 Å². The van der Waals surface area contributed by atoms with E-state index in [0.717, 1.165) is 0 Å². The van der Waals surface area contributed by atoms with Crippen LogP contribution in [0.4, 0.5) is 0 Å². The van der Waals surface area contributed by atoms with E-state index in [1.165, 1.54) is 16.8 Å². The molecular formula is C9H24N2O21P4. The maximum atomic E-state index is 11.4. The van der Waals surface area contributed by atoms with Gasteiger partial charge < -0.3 is 73.7 Å². The van der Waals surface area contributed by atoms with Crippen molar-refractivity contribution >= 4 is 31.3 Å². The van der Waals surface area contributed by atoms with Gasteiger partial charge in [0.05, 0.1) is 12.7 Å². The number of H-pyrrole nitrogens is 1. The number of nitrogens with one attached hydrogen (secondary N) is 1. The molecule has 3 atom stereocenters. The van der Waals surface area contributed by atoms with Gasteiger partial charge in [0.15, 0.2) is 0 Å². The smallest absolute Gasteiger partial charge is 0.394 e. The minimum atomic E-state index is -4.64. The lowest BCUT2D eigenvalue weighted by molar-refractivity contribution is -0.0459. The van der Waals surface area contributed by atoms with Gasteiger partial charge >= 0.3 is 37.0 Å². The molecule has 0 radical (unpaired) electrons. The number of nitrogens with zero attached hydrogens (tertiary/aromatic N) is 1. The molecular weight excluding hydrogens is 596 g/mol. The summed E-state index contributed by atoms with van der Waals surface area (Å²) in [6.45, 7) is -0.310. The Morgan fingerprint density at radius 1 is 0.806 bits per heavy atom. The Kier molecular flexibility index (Phi) is 18.4. The van der Waals surface area contributed by atoms with Gasteiger partial charge in [-0.05, 0) is 0 Å². The van der Waals surface area contributed by atoms with Crippen molar-refractivity contribution in [1.29, 1.82) is 0 Å². The summed E-state index contributed by atoms with van der Waals surface area (Å²) >= 11 is 0. The van der Waals surface area contributed by atoms with Crippen LogP contribution in [0.25, 0.3) is 0 Å². The Morgan fingerprint density at radius 3 is 1.39 bits per heavy atom. The number of phosphoric acid groups is 4. The fraction of sp³-hybridized carbons (Fsp3) is 0.556. The van der Waals surface area contributed by atoms with Crippen molar-refractivity contribution in [3.05, 3.63) is 33.1 Å². The molecule has 1 aromatic rings. The van der Waals surface area contributed by atoms with Crippen LogP contribution in [0.15, 0.2) is 21.9 Å². The summed E-state index contributed by atoms with van der Waals surface area (Å²) in [5, 5.41) is 18.4. The highest BCUT2D eigenvalue weighted by atomic mass is 31.2. The van der Waals surface area contributed by atoms with E-state index in [1.54, 1.807) is 0 Å². The molecule has 0 aromatic carbocycles. The number of aromatic amines is 1. The Labute approximate surface area is 198 Å². The van der Waals surface area contributed by atoms with Crippen molar-refractivity contribution in [2.75, 3.05) is 6.61 Å². The number of aromatic nitrogens is 2. The van der Waals surface area contributed by atoms with Crippen molar-refractivity contribution in [3.8, 4) is 0 Å². The third-order valence-electron chi connectivity index (χ3n) is 2.55. The van der Waals surface area contributed by atoms with E-state index in [-0.39, 0.29) is 13.0 Å². The highest BCUT2D eigenvalue weighted by molar-refractivity contribution is 7.45. The number of aliphatic hydroxyl groups excluding tert-OH is 2. The summed E-state index contributed by atoms with van der Waals surface area (Å²) < 4.78 is 42.0. The molecule has 0 bridgehead atoms. The van der Waals surface area contributed by atoms with Crippen molar-refractivity contribution in [1.82, 2.24) is 9.55 Å². The topological polar surface area (TPSA) is 416 Å². The highest BCUT2D eigenvalue weighted by Gasteiger charge is 2.34. The SMILES string of the molecule is O=P(O)(O)O.O=P(O)(O)O.O=P(O)(O)O.O=P(O)(O)O.O=c1ccn(C2C[C@H](O)[C@@H](CO)O2)c(=O)[nH]1. The fourth-order valence-corrected chi connectivity index (χ4v) is 1.70. The van der Waals surface area contributed by atoms with Gasteiger partial charge in [-0.3, -0.25) is 14.3 Å². The summed E-state index contributed by atoms with van der Waals surface area (Å²) in [5.41, 5.74) is -1.08. The van der Waals surface area contributed by atoms with Gasteiger partial charge in [0.2, 0.25) is 0 Å². The van der Waals surface area contributed by atoms with Gasteiger partial charge in [-0.25, -0.2) is 23.1 Å². The minimum absolute atomic E-state index is 0.206. The molecule has 1 aromatic heterocycles. The maximum Gasteiger partial charge on any atom is 0.466 e. The average Bonchev–Trinajstić information content (AvgIpc) is 2.89. The maximum absolute atomic E-state index is 11.4. The van der Waals surface area contributed by atoms with Crippen LogP contribution in [0.1, 0.15) is 12.6 Å². The number of hydrogen-bond donors (Lipinski definition) is 15.